The first-order chi connectivity index (χ1) is 22.9. The number of nitrogens with zero attached hydrogens (tertiary/aromatic N) is 7. The minimum absolute atomic E-state index is 0.0354. The van der Waals surface area contributed by atoms with Crippen LogP contribution in [0.5, 0.6) is 5.88 Å². The van der Waals surface area contributed by atoms with Gasteiger partial charge in [0.2, 0.25) is 23.7 Å². The summed E-state index contributed by atoms with van der Waals surface area (Å²) in [4.78, 5) is 37.0. The fourth-order valence-corrected chi connectivity index (χ4v) is 6.47. The van der Waals surface area contributed by atoms with Gasteiger partial charge in [-0.3, -0.25) is 14.4 Å². The van der Waals surface area contributed by atoms with E-state index in [1.54, 1.807) is 23.1 Å². The quantitative estimate of drug-likeness (QED) is 0.158. The van der Waals surface area contributed by atoms with E-state index in [0.717, 1.165) is 64.9 Å². The van der Waals surface area contributed by atoms with Gasteiger partial charge < -0.3 is 25.7 Å². The number of benzene rings is 1. The summed E-state index contributed by atoms with van der Waals surface area (Å²) in [5, 5.41) is 15.2. The maximum Gasteiger partial charge on any atom is 0.238 e. The summed E-state index contributed by atoms with van der Waals surface area (Å²) < 4.78 is 8.01. The molecule has 1 saturated carbocycles. The van der Waals surface area contributed by atoms with E-state index in [-0.39, 0.29) is 18.6 Å². The monoisotopic (exact) mass is 635 g/mol. The van der Waals surface area contributed by atoms with E-state index < -0.39 is 0 Å². The average Bonchev–Trinajstić information content (AvgIpc) is 3.77. The number of carbonyl (C=O) groups excluding carboxylic acids is 1. The Morgan fingerprint density at radius 2 is 1.94 bits per heavy atom. The van der Waals surface area contributed by atoms with Gasteiger partial charge in [-0.2, -0.15) is 10.1 Å². The van der Waals surface area contributed by atoms with Gasteiger partial charge in [0.1, 0.15) is 6.10 Å². The molecule has 7 rings (SSSR count). The van der Waals surface area contributed by atoms with E-state index in [9.17, 15) is 4.79 Å². The molecule has 0 radical (unpaired) electrons. The van der Waals surface area contributed by atoms with Gasteiger partial charge in [0.05, 0.1) is 23.4 Å². The lowest BCUT2D eigenvalue weighted by Gasteiger charge is -2.23. The number of anilines is 4. The van der Waals surface area contributed by atoms with Crippen LogP contribution in [0.3, 0.4) is 0 Å². The number of amides is 1. The maximum absolute atomic E-state index is 13.2. The number of aromatic nitrogens is 7. The molecule has 244 valence electrons. The molecule has 1 amide bonds. The van der Waals surface area contributed by atoms with Gasteiger partial charge in [-0.25, -0.2) is 15.0 Å². The highest BCUT2D eigenvalue weighted by Crippen LogP contribution is 2.33. The first kappa shape index (κ1) is 30.6. The predicted molar refractivity (Wildman–Crippen MR) is 182 cm³/mol. The number of carbonyl (C=O) groups is 1. The maximum atomic E-state index is 13.2. The number of rotatable bonds is 10. The van der Waals surface area contributed by atoms with E-state index >= 15 is 0 Å². The fraction of sp³-hybridized carbons (Fsp3) is 0.412. The summed E-state index contributed by atoms with van der Waals surface area (Å²) in [5.41, 5.74) is 5.26. The molecule has 2 aliphatic rings. The Balaban J connectivity index is 0.974. The minimum atomic E-state index is -0.0781. The van der Waals surface area contributed by atoms with Gasteiger partial charge in [-0.05, 0) is 44.7 Å². The van der Waals surface area contributed by atoms with Crippen molar-refractivity contribution in [1.82, 2.24) is 39.6 Å². The summed E-state index contributed by atoms with van der Waals surface area (Å²) >= 11 is 0. The van der Waals surface area contributed by atoms with Crippen LogP contribution < -0.4 is 20.7 Å². The van der Waals surface area contributed by atoms with Crippen molar-refractivity contribution in [2.45, 2.75) is 64.5 Å². The molecule has 5 aromatic rings. The molecule has 5 heterocycles. The van der Waals surface area contributed by atoms with Gasteiger partial charge in [0.15, 0.2) is 5.82 Å². The van der Waals surface area contributed by atoms with E-state index in [0.29, 0.717) is 36.2 Å². The average molecular weight is 636 g/mol. The number of H-pyrrole nitrogens is 1. The molecule has 4 aromatic heterocycles. The molecule has 1 aromatic carbocycles. The third-order valence-corrected chi connectivity index (χ3v) is 9.02. The zero-order valence-electron chi connectivity index (χ0n) is 27.1. The van der Waals surface area contributed by atoms with Crippen LogP contribution in [-0.2, 0) is 11.8 Å². The Labute approximate surface area is 273 Å². The lowest BCUT2D eigenvalue weighted by atomic mass is 9.96. The summed E-state index contributed by atoms with van der Waals surface area (Å²) in [6, 6.07) is 10.1. The number of para-hydroxylation sites is 1. The molecule has 13 heteroatoms. The van der Waals surface area contributed by atoms with Crippen LogP contribution in [0.1, 0.15) is 49.8 Å². The SMILES string of the molecule is Cc1cnc(Nc2cc(C)n(C)n2)nc1-c1c[nH]c2c(NC(=O)CN3CC[C@H](Oc4ccnc(NC5CCCCC5)n4)C3)cccc12. The number of aryl methyl sites for hydroxylation is 3. The lowest BCUT2D eigenvalue weighted by molar-refractivity contribution is -0.117. The molecule has 0 bridgehead atoms. The van der Waals surface area contributed by atoms with E-state index in [4.69, 9.17) is 9.72 Å². The molecule has 0 spiro atoms. The van der Waals surface area contributed by atoms with Crippen molar-refractivity contribution in [3.63, 3.8) is 0 Å². The number of nitrogens with one attached hydrogen (secondary N) is 4. The lowest BCUT2D eigenvalue weighted by Crippen LogP contribution is -2.33. The number of hydrogen-bond acceptors (Lipinski definition) is 10. The minimum Gasteiger partial charge on any atom is -0.473 e. The highest BCUT2D eigenvalue weighted by atomic mass is 16.5. The molecular formula is C34H41N11O2. The van der Waals surface area contributed by atoms with Crippen molar-refractivity contribution in [1.29, 1.82) is 0 Å². The first-order valence-corrected chi connectivity index (χ1v) is 16.4. The number of hydrogen-bond donors (Lipinski definition) is 4. The second kappa shape index (κ2) is 13.4. The fourth-order valence-electron chi connectivity index (χ4n) is 6.47. The van der Waals surface area contributed by atoms with E-state index in [2.05, 4.69) is 45.9 Å². The molecule has 1 atom stereocenters. The predicted octanol–water partition coefficient (Wildman–Crippen LogP) is 5.35. The normalized spacial score (nSPS) is 17.2. The topological polar surface area (TPSA) is 151 Å². The molecule has 4 N–H and O–H groups in total. The third-order valence-electron chi connectivity index (χ3n) is 9.02. The van der Waals surface area contributed by atoms with Gasteiger partial charge in [-0.1, -0.05) is 31.4 Å². The molecule has 2 fully saturated rings. The summed E-state index contributed by atoms with van der Waals surface area (Å²) in [6.07, 6.45) is 12.4. The van der Waals surface area contributed by atoms with Crippen LogP contribution in [-0.4, -0.2) is 77.3 Å². The van der Waals surface area contributed by atoms with Crippen LogP contribution >= 0.6 is 0 Å². The Bertz CT molecular complexity index is 1860. The summed E-state index contributed by atoms with van der Waals surface area (Å²) in [5.74, 6) is 2.26. The van der Waals surface area contributed by atoms with Crippen molar-refractivity contribution in [2.24, 2.45) is 7.05 Å². The summed E-state index contributed by atoms with van der Waals surface area (Å²) in [7, 11) is 1.90. The molecule has 1 saturated heterocycles. The molecule has 47 heavy (non-hydrogen) atoms. The van der Waals surface area contributed by atoms with Crippen molar-refractivity contribution < 1.29 is 9.53 Å². The number of fused-ring (bicyclic) bond motifs is 1. The highest BCUT2D eigenvalue weighted by Gasteiger charge is 2.26. The van der Waals surface area contributed by atoms with Crippen molar-refractivity contribution in [2.75, 3.05) is 35.6 Å². The number of ether oxygens (including phenoxy) is 1. The second-order valence-electron chi connectivity index (χ2n) is 12.6. The Morgan fingerprint density at radius 3 is 2.77 bits per heavy atom. The zero-order chi connectivity index (χ0) is 32.3. The van der Waals surface area contributed by atoms with Crippen molar-refractivity contribution in [3.8, 4) is 17.1 Å². The van der Waals surface area contributed by atoms with Crippen LogP contribution in [0.15, 0.2) is 48.9 Å². The van der Waals surface area contributed by atoms with E-state index in [1.165, 1.54) is 19.3 Å². The van der Waals surface area contributed by atoms with Crippen LogP contribution in [0, 0.1) is 13.8 Å². The van der Waals surface area contributed by atoms with Gasteiger partial charge in [0, 0.05) is 73.5 Å². The molecule has 13 nitrogen and oxygen atoms in total. The van der Waals surface area contributed by atoms with Gasteiger partial charge in [-0.15, -0.1) is 0 Å². The Hall–Kier alpha value is -5.04. The van der Waals surface area contributed by atoms with Gasteiger partial charge >= 0.3 is 0 Å². The molecular weight excluding hydrogens is 594 g/mol. The standard InChI is InChI=1S/C34H41N11O2/c1-21-17-37-34(40-28-16-22(2)44(3)43-28)42-31(21)26-18-36-32-25(26)10-7-11-27(32)39-29(46)20-45-15-13-24(19-45)47-30-12-14-35-33(41-30)38-23-8-5-4-6-9-23/h7,10-12,14,16-18,23-24,36H,4-6,8-9,13,15,19-20H2,1-3H3,(H,39,46)(H,35,38,41)(H,37,40,42,43)/t24-/m0/s1. The summed E-state index contributed by atoms with van der Waals surface area (Å²) in [6.45, 7) is 5.68. The van der Waals surface area contributed by atoms with Gasteiger partial charge in [0.25, 0.3) is 0 Å². The Kier molecular flexibility index (Phi) is 8.70. The first-order valence-electron chi connectivity index (χ1n) is 16.4. The Morgan fingerprint density at radius 1 is 1.06 bits per heavy atom. The molecule has 1 aliphatic carbocycles. The van der Waals surface area contributed by atoms with Crippen molar-refractivity contribution >= 4 is 40.2 Å². The number of likely N-dealkylation sites (tertiary alicyclic amines) is 1. The zero-order valence-corrected chi connectivity index (χ0v) is 27.1. The molecule has 1 aliphatic heterocycles. The largest absolute Gasteiger partial charge is 0.473 e. The smallest absolute Gasteiger partial charge is 0.238 e. The van der Waals surface area contributed by atoms with Crippen molar-refractivity contribution in [3.05, 3.63) is 60.2 Å². The second-order valence-corrected chi connectivity index (χ2v) is 12.6. The third kappa shape index (κ3) is 7.04. The van der Waals surface area contributed by atoms with E-state index in [1.807, 2.05) is 51.4 Å². The highest BCUT2D eigenvalue weighted by molar-refractivity contribution is 6.06. The van der Waals surface area contributed by atoms with Crippen LogP contribution in [0.2, 0.25) is 0 Å². The van der Waals surface area contributed by atoms with Crippen LogP contribution in [0.25, 0.3) is 22.2 Å². The molecule has 0 unspecified atom stereocenters. The van der Waals surface area contributed by atoms with Crippen LogP contribution in [0.4, 0.5) is 23.4 Å². The number of aromatic amines is 1.